The van der Waals surface area contributed by atoms with E-state index in [9.17, 15) is 9.18 Å². The van der Waals surface area contributed by atoms with E-state index in [0.717, 1.165) is 5.69 Å². The second-order valence-electron chi connectivity index (χ2n) is 7.11. The first-order valence-corrected chi connectivity index (χ1v) is 10.4. The minimum absolute atomic E-state index is 0.153. The summed E-state index contributed by atoms with van der Waals surface area (Å²) in [4.78, 5) is 20.8. The van der Waals surface area contributed by atoms with Gasteiger partial charge in [0.05, 0.1) is 10.7 Å². The van der Waals surface area contributed by atoms with Crippen molar-refractivity contribution in [1.82, 2.24) is 15.2 Å². The molecule has 8 heteroatoms. The summed E-state index contributed by atoms with van der Waals surface area (Å²) in [5.74, 6) is 0.290. The maximum Gasteiger partial charge on any atom is 0.317 e. The number of pyridine rings is 1. The molecule has 160 valence electrons. The highest BCUT2D eigenvalue weighted by Gasteiger charge is 2.22. The molecule has 1 N–H and O–H groups in total. The summed E-state index contributed by atoms with van der Waals surface area (Å²) in [7, 11) is 0. The number of anilines is 1. The Labute approximate surface area is 185 Å². The zero-order valence-corrected chi connectivity index (χ0v) is 17.6. The number of urea groups is 1. The molecule has 2 heterocycles. The van der Waals surface area contributed by atoms with E-state index in [1.54, 1.807) is 29.3 Å². The maximum atomic E-state index is 13.4. The number of rotatable bonds is 5. The first-order chi connectivity index (χ1) is 15.1. The largest absolute Gasteiger partial charge is 0.439 e. The van der Waals surface area contributed by atoms with Gasteiger partial charge in [-0.3, -0.25) is 0 Å². The van der Waals surface area contributed by atoms with E-state index in [2.05, 4.69) is 15.2 Å². The van der Waals surface area contributed by atoms with Crippen molar-refractivity contribution in [3.05, 3.63) is 83.3 Å². The number of hydrogen-bond donors (Lipinski definition) is 1. The number of piperazine rings is 1. The first-order valence-electron chi connectivity index (χ1n) is 10.00. The summed E-state index contributed by atoms with van der Waals surface area (Å²) < 4.78 is 19.1. The summed E-state index contributed by atoms with van der Waals surface area (Å²) >= 11 is 6.28. The fourth-order valence-electron chi connectivity index (χ4n) is 3.43. The Kier molecular flexibility index (Phi) is 6.52. The van der Waals surface area contributed by atoms with Gasteiger partial charge in [-0.2, -0.15) is 0 Å². The van der Waals surface area contributed by atoms with Crippen LogP contribution in [-0.2, 0) is 6.54 Å². The molecular weight excluding hydrogens is 419 g/mol. The van der Waals surface area contributed by atoms with E-state index >= 15 is 0 Å². The quantitative estimate of drug-likeness (QED) is 0.625. The molecular formula is C23H22ClFN4O2. The molecule has 1 aromatic heterocycles. The average Bonchev–Trinajstić information content (AvgIpc) is 2.79. The third-order valence-corrected chi connectivity index (χ3v) is 5.37. The van der Waals surface area contributed by atoms with Crippen molar-refractivity contribution in [2.24, 2.45) is 0 Å². The number of carbonyl (C=O) groups excluding carboxylic acids is 1. The Hall–Kier alpha value is -3.32. The highest BCUT2D eigenvalue weighted by atomic mass is 35.5. The summed E-state index contributed by atoms with van der Waals surface area (Å²) in [6.07, 6.45) is 1.59. The normalized spacial score (nSPS) is 13.7. The molecule has 1 aliphatic rings. The van der Waals surface area contributed by atoms with Crippen molar-refractivity contribution in [2.45, 2.75) is 6.54 Å². The molecule has 31 heavy (non-hydrogen) atoms. The van der Waals surface area contributed by atoms with Crippen LogP contribution in [0.2, 0.25) is 5.02 Å². The van der Waals surface area contributed by atoms with E-state index in [0.29, 0.717) is 48.4 Å². The van der Waals surface area contributed by atoms with Crippen LogP contribution in [0.5, 0.6) is 11.6 Å². The monoisotopic (exact) mass is 440 g/mol. The minimum Gasteiger partial charge on any atom is -0.439 e. The van der Waals surface area contributed by atoms with Crippen LogP contribution < -0.4 is 15.0 Å². The lowest BCUT2D eigenvalue weighted by Gasteiger charge is -2.36. The summed E-state index contributed by atoms with van der Waals surface area (Å²) in [5.41, 5.74) is 1.69. The van der Waals surface area contributed by atoms with Crippen molar-refractivity contribution in [3.8, 4) is 11.6 Å². The number of hydrogen-bond acceptors (Lipinski definition) is 4. The molecule has 2 aromatic carbocycles. The van der Waals surface area contributed by atoms with Crippen LogP contribution in [0.25, 0.3) is 0 Å². The van der Waals surface area contributed by atoms with Gasteiger partial charge in [-0.15, -0.1) is 0 Å². The predicted molar refractivity (Wildman–Crippen MR) is 118 cm³/mol. The van der Waals surface area contributed by atoms with Gasteiger partial charge in [0.15, 0.2) is 0 Å². The molecule has 2 amide bonds. The van der Waals surface area contributed by atoms with Gasteiger partial charge in [0, 0.05) is 50.6 Å². The van der Waals surface area contributed by atoms with Gasteiger partial charge < -0.3 is 19.9 Å². The van der Waals surface area contributed by atoms with Crippen molar-refractivity contribution in [3.63, 3.8) is 0 Å². The van der Waals surface area contributed by atoms with Crippen LogP contribution in [0.3, 0.4) is 0 Å². The number of ether oxygens (including phenoxy) is 1. The molecule has 0 bridgehead atoms. The van der Waals surface area contributed by atoms with Crippen LogP contribution >= 0.6 is 11.6 Å². The number of amides is 2. The Bertz CT molecular complexity index is 1060. The number of nitrogens with zero attached hydrogens (tertiary/aromatic N) is 3. The van der Waals surface area contributed by atoms with E-state index in [4.69, 9.17) is 16.3 Å². The van der Waals surface area contributed by atoms with Crippen LogP contribution in [0.1, 0.15) is 5.56 Å². The molecule has 4 rings (SSSR count). The van der Waals surface area contributed by atoms with E-state index < -0.39 is 0 Å². The van der Waals surface area contributed by atoms with Gasteiger partial charge in [-0.1, -0.05) is 35.9 Å². The zero-order valence-electron chi connectivity index (χ0n) is 16.8. The molecule has 0 aliphatic carbocycles. The van der Waals surface area contributed by atoms with Crippen LogP contribution in [0, 0.1) is 5.82 Å². The van der Waals surface area contributed by atoms with Crippen LogP contribution in [-0.4, -0.2) is 42.1 Å². The molecule has 1 fully saturated rings. The lowest BCUT2D eigenvalue weighted by Crippen LogP contribution is -2.51. The Morgan fingerprint density at radius 3 is 2.65 bits per heavy atom. The fraction of sp³-hybridized carbons (Fsp3) is 0.217. The molecule has 0 saturated carbocycles. The maximum absolute atomic E-state index is 13.4. The van der Waals surface area contributed by atoms with Gasteiger partial charge in [0.2, 0.25) is 5.88 Å². The zero-order chi connectivity index (χ0) is 21.6. The second kappa shape index (κ2) is 9.66. The number of para-hydroxylation sites is 1. The van der Waals surface area contributed by atoms with Crippen molar-refractivity contribution in [1.29, 1.82) is 0 Å². The fourth-order valence-corrected chi connectivity index (χ4v) is 3.69. The topological polar surface area (TPSA) is 57.7 Å². The van der Waals surface area contributed by atoms with E-state index in [-0.39, 0.29) is 18.4 Å². The van der Waals surface area contributed by atoms with Crippen molar-refractivity contribution >= 4 is 23.3 Å². The van der Waals surface area contributed by atoms with Gasteiger partial charge in [0.25, 0.3) is 0 Å². The lowest BCUT2D eigenvalue weighted by molar-refractivity contribution is 0.194. The predicted octanol–water partition coefficient (Wildman–Crippen LogP) is 4.70. The standard InChI is InChI=1S/C23H22ClFN4O2/c24-20-8-1-2-9-21(20)28-11-13-29(14-12-28)23(30)27-16-17-5-4-10-26-22(17)31-19-7-3-6-18(25)15-19/h1-10,15H,11-14,16H2,(H,27,30). The SMILES string of the molecule is O=C(NCc1cccnc1Oc1cccc(F)c1)N1CCN(c2ccccc2Cl)CC1. The third-order valence-electron chi connectivity index (χ3n) is 5.05. The van der Waals surface area contributed by atoms with Gasteiger partial charge in [-0.25, -0.2) is 14.2 Å². The summed E-state index contributed by atoms with van der Waals surface area (Å²) in [6, 6.07) is 17.0. The number of halogens is 2. The highest BCUT2D eigenvalue weighted by molar-refractivity contribution is 6.33. The number of benzene rings is 2. The van der Waals surface area contributed by atoms with E-state index in [1.807, 2.05) is 30.3 Å². The van der Waals surface area contributed by atoms with Crippen LogP contribution in [0.15, 0.2) is 66.9 Å². The first kappa shape index (κ1) is 20.9. The molecule has 1 aliphatic heterocycles. The summed E-state index contributed by atoms with van der Waals surface area (Å²) in [6.45, 7) is 2.85. The molecule has 0 spiro atoms. The van der Waals surface area contributed by atoms with Gasteiger partial charge in [-0.05, 0) is 30.3 Å². The Morgan fingerprint density at radius 2 is 1.87 bits per heavy atom. The van der Waals surface area contributed by atoms with Crippen molar-refractivity contribution < 1.29 is 13.9 Å². The highest BCUT2D eigenvalue weighted by Crippen LogP contribution is 2.26. The molecule has 0 atom stereocenters. The molecule has 1 saturated heterocycles. The van der Waals surface area contributed by atoms with Crippen molar-refractivity contribution in [2.75, 3.05) is 31.1 Å². The number of aromatic nitrogens is 1. The average molecular weight is 441 g/mol. The second-order valence-corrected chi connectivity index (χ2v) is 7.52. The molecule has 3 aromatic rings. The molecule has 6 nitrogen and oxygen atoms in total. The minimum atomic E-state index is -0.390. The van der Waals surface area contributed by atoms with E-state index in [1.165, 1.54) is 12.1 Å². The smallest absolute Gasteiger partial charge is 0.317 e. The van der Waals surface area contributed by atoms with Gasteiger partial charge in [0.1, 0.15) is 11.6 Å². The number of carbonyl (C=O) groups is 1. The lowest BCUT2D eigenvalue weighted by atomic mass is 10.2. The third kappa shape index (κ3) is 5.24. The van der Waals surface area contributed by atoms with Gasteiger partial charge >= 0.3 is 6.03 Å². The van der Waals surface area contributed by atoms with Crippen LogP contribution in [0.4, 0.5) is 14.9 Å². The number of nitrogens with one attached hydrogen (secondary N) is 1. The Balaban J connectivity index is 1.33. The Morgan fingerprint density at radius 1 is 1.06 bits per heavy atom. The molecule has 0 unspecified atom stereocenters. The molecule has 0 radical (unpaired) electrons. The summed E-state index contributed by atoms with van der Waals surface area (Å²) in [5, 5.41) is 3.63.